The molecule has 1 N–H and O–H groups in total. The molecule has 0 aliphatic heterocycles. The van der Waals surface area contributed by atoms with Crippen LogP contribution in [0.5, 0.6) is 5.75 Å². The van der Waals surface area contributed by atoms with Gasteiger partial charge in [0.05, 0.1) is 24.5 Å². The Labute approximate surface area is 88.1 Å². The van der Waals surface area contributed by atoms with Gasteiger partial charge in [-0.1, -0.05) is 6.92 Å². The lowest BCUT2D eigenvalue weighted by molar-refractivity contribution is 0.104. The van der Waals surface area contributed by atoms with E-state index in [9.17, 15) is 5.11 Å². The Morgan fingerprint density at radius 3 is 3.00 bits per heavy atom. The minimum atomic E-state index is -0.511. The smallest absolute Gasteiger partial charge is 0.131 e. The van der Waals surface area contributed by atoms with E-state index in [1.165, 1.54) is 0 Å². The van der Waals surface area contributed by atoms with E-state index in [1.54, 1.807) is 18.0 Å². The third-order valence-corrected chi connectivity index (χ3v) is 2.47. The topological polar surface area (TPSA) is 47.3 Å². The molecular formula is C11H14N2O2. The van der Waals surface area contributed by atoms with Crippen molar-refractivity contribution in [1.29, 1.82) is 0 Å². The highest BCUT2D eigenvalue weighted by atomic mass is 16.5. The molecule has 1 atom stereocenters. The largest absolute Gasteiger partial charge is 0.497 e. The van der Waals surface area contributed by atoms with Crippen LogP contribution in [0.1, 0.15) is 19.6 Å². The molecule has 0 fully saturated rings. The molecule has 0 spiro atoms. The van der Waals surface area contributed by atoms with Gasteiger partial charge in [-0.3, -0.25) is 0 Å². The quantitative estimate of drug-likeness (QED) is 0.834. The number of fused-ring (bicyclic) bond motifs is 1. The minimum absolute atomic E-state index is 0.511. The van der Waals surface area contributed by atoms with Crippen molar-refractivity contribution in [3.8, 4) is 5.75 Å². The van der Waals surface area contributed by atoms with Gasteiger partial charge in [0.1, 0.15) is 12.0 Å². The summed E-state index contributed by atoms with van der Waals surface area (Å²) in [6.45, 7) is 1.93. The third-order valence-electron chi connectivity index (χ3n) is 2.47. The van der Waals surface area contributed by atoms with E-state index in [4.69, 9.17) is 4.74 Å². The highest BCUT2D eigenvalue weighted by molar-refractivity contribution is 5.77. The molecule has 80 valence electrons. The van der Waals surface area contributed by atoms with E-state index in [0.29, 0.717) is 6.42 Å². The molecule has 2 aromatic rings. The highest BCUT2D eigenvalue weighted by Crippen LogP contribution is 2.22. The van der Waals surface area contributed by atoms with Gasteiger partial charge in [0.25, 0.3) is 0 Å². The molecule has 0 radical (unpaired) electrons. The Balaban J connectivity index is 2.52. The van der Waals surface area contributed by atoms with E-state index in [1.807, 2.05) is 25.1 Å². The molecule has 4 nitrogen and oxygen atoms in total. The Morgan fingerprint density at radius 2 is 2.33 bits per heavy atom. The zero-order valence-corrected chi connectivity index (χ0v) is 8.84. The Kier molecular flexibility index (Phi) is 2.60. The second kappa shape index (κ2) is 3.90. The van der Waals surface area contributed by atoms with E-state index in [2.05, 4.69) is 4.98 Å². The maximum absolute atomic E-state index is 9.73. The zero-order chi connectivity index (χ0) is 10.8. The molecule has 1 aromatic carbocycles. The normalized spacial score (nSPS) is 13.0. The SMILES string of the molecule is CCC(O)n1cnc2cc(OC)ccc21. The molecule has 1 heterocycles. The van der Waals surface area contributed by atoms with Crippen molar-refractivity contribution in [2.24, 2.45) is 0 Å². The zero-order valence-electron chi connectivity index (χ0n) is 8.84. The van der Waals surface area contributed by atoms with Crippen LogP contribution in [-0.4, -0.2) is 21.8 Å². The first-order valence-electron chi connectivity index (χ1n) is 4.95. The van der Waals surface area contributed by atoms with Gasteiger partial charge >= 0.3 is 0 Å². The second-order valence-electron chi connectivity index (χ2n) is 3.40. The summed E-state index contributed by atoms with van der Waals surface area (Å²) in [5.41, 5.74) is 1.76. The lowest BCUT2D eigenvalue weighted by Gasteiger charge is -2.10. The van der Waals surface area contributed by atoms with Crippen molar-refractivity contribution >= 4 is 11.0 Å². The summed E-state index contributed by atoms with van der Waals surface area (Å²) in [5, 5.41) is 9.73. The number of hydrogen-bond donors (Lipinski definition) is 1. The number of rotatable bonds is 3. The molecule has 0 saturated carbocycles. The maximum atomic E-state index is 9.73. The average Bonchev–Trinajstić information content (AvgIpc) is 2.70. The Hall–Kier alpha value is -1.55. The number of aliphatic hydroxyl groups is 1. The number of aliphatic hydroxyl groups excluding tert-OH is 1. The minimum Gasteiger partial charge on any atom is -0.497 e. The molecule has 0 amide bonds. The molecule has 0 aliphatic carbocycles. The maximum Gasteiger partial charge on any atom is 0.131 e. The second-order valence-corrected chi connectivity index (χ2v) is 3.40. The average molecular weight is 206 g/mol. The van der Waals surface area contributed by atoms with E-state index in [0.717, 1.165) is 16.8 Å². The van der Waals surface area contributed by atoms with Crippen molar-refractivity contribution in [2.75, 3.05) is 7.11 Å². The van der Waals surface area contributed by atoms with Gasteiger partial charge in [-0.05, 0) is 18.6 Å². The third kappa shape index (κ3) is 1.68. The lowest BCUT2D eigenvalue weighted by Crippen LogP contribution is -2.04. The standard InChI is InChI=1S/C11H14N2O2/c1-3-11(14)13-7-12-9-6-8(15-2)4-5-10(9)13/h4-7,11,14H,3H2,1-2H3. The van der Waals surface area contributed by atoms with Gasteiger partial charge < -0.3 is 14.4 Å². The molecule has 4 heteroatoms. The van der Waals surface area contributed by atoms with Crippen LogP contribution >= 0.6 is 0 Å². The lowest BCUT2D eigenvalue weighted by atomic mass is 10.3. The summed E-state index contributed by atoms with van der Waals surface area (Å²) in [6, 6.07) is 5.62. The number of ether oxygens (including phenoxy) is 1. The van der Waals surface area contributed by atoms with Crippen LogP contribution in [0.15, 0.2) is 24.5 Å². The molecule has 0 saturated heterocycles. The number of nitrogens with zero attached hydrogens (tertiary/aromatic N) is 2. The summed E-state index contributed by atoms with van der Waals surface area (Å²) in [4.78, 5) is 4.22. The Bertz CT molecular complexity index is 465. The number of aromatic nitrogens is 2. The van der Waals surface area contributed by atoms with Crippen molar-refractivity contribution in [3.05, 3.63) is 24.5 Å². The highest BCUT2D eigenvalue weighted by Gasteiger charge is 2.09. The van der Waals surface area contributed by atoms with Gasteiger partial charge in [0, 0.05) is 6.07 Å². The summed E-state index contributed by atoms with van der Waals surface area (Å²) < 4.78 is 6.87. The molecular weight excluding hydrogens is 192 g/mol. The first-order valence-corrected chi connectivity index (χ1v) is 4.95. The van der Waals surface area contributed by atoms with Gasteiger partial charge in [-0.25, -0.2) is 4.98 Å². The fourth-order valence-corrected chi connectivity index (χ4v) is 1.57. The molecule has 1 aromatic heterocycles. The van der Waals surface area contributed by atoms with E-state index < -0.39 is 6.23 Å². The van der Waals surface area contributed by atoms with E-state index >= 15 is 0 Å². The van der Waals surface area contributed by atoms with Crippen molar-refractivity contribution in [2.45, 2.75) is 19.6 Å². The number of hydrogen-bond acceptors (Lipinski definition) is 3. The van der Waals surface area contributed by atoms with Gasteiger partial charge in [-0.2, -0.15) is 0 Å². The van der Waals surface area contributed by atoms with Gasteiger partial charge in [-0.15, -0.1) is 0 Å². The van der Waals surface area contributed by atoms with Crippen LogP contribution in [0.25, 0.3) is 11.0 Å². The summed E-state index contributed by atoms with van der Waals surface area (Å²) in [6.07, 6.45) is 1.80. The predicted octanol–water partition coefficient (Wildman–Crippen LogP) is 1.95. The molecule has 0 bridgehead atoms. The fourth-order valence-electron chi connectivity index (χ4n) is 1.57. The Morgan fingerprint density at radius 1 is 1.53 bits per heavy atom. The van der Waals surface area contributed by atoms with Gasteiger partial charge in [0.2, 0.25) is 0 Å². The van der Waals surface area contributed by atoms with Crippen LogP contribution in [0.3, 0.4) is 0 Å². The van der Waals surface area contributed by atoms with Crippen molar-refractivity contribution in [1.82, 2.24) is 9.55 Å². The molecule has 2 rings (SSSR count). The van der Waals surface area contributed by atoms with Crippen LogP contribution < -0.4 is 4.74 Å². The monoisotopic (exact) mass is 206 g/mol. The summed E-state index contributed by atoms with van der Waals surface area (Å²) in [5.74, 6) is 0.777. The van der Waals surface area contributed by atoms with Crippen LogP contribution in [0.2, 0.25) is 0 Å². The van der Waals surface area contributed by atoms with Crippen molar-refractivity contribution in [3.63, 3.8) is 0 Å². The van der Waals surface area contributed by atoms with Crippen molar-refractivity contribution < 1.29 is 9.84 Å². The van der Waals surface area contributed by atoms with Crippen LogP contribution in [-0.2, 0) is 0 Å². The first kappa shape index (κ1) is 9.98. The van der Waals surface area contributed by atoms with Crippen LogP contribution in [0.4, 0.5) is 0 Å². The number of imidazole rings is 1. The summed E-state index contributed by atoms with van der Waals surface area (Å²) in [7, 11) is 1.62. The van der Waals surface area contributed by atoms with E-state index in [-0.39, 0.29) is 0 Å². The van der Waals surface area contributed by atoms with Gasteiger partial charge in [0.15, 0.2) is 0 Å². The predicted molar refractivity (Wildman–Crippen MR) is 57.8 cm³/mol. The molecule has 15 heavy (non-hydrogen) atoms. The fraction of sp³-hybridized carbons (Fsp3) is 0.364. The summed E-state index contributed by atoms with van der Waals surface area (Å²) >= 11 is 0. The molecule has 1 unspecified atom stereocenters. The van der Waals surface area contributed by atoms with Crippen LogP contribution in [0, 0.1) is 0 Å². The molecule has 0 aliphatic rings. The number of methoxy groups -OCH3 is 1. The number of benzene rings is 1. The first-order chi connectivity index (χ1) is 7.26.